The van der Waals surface area contributed by atoms with Gasteiger partial charge >= 0.3 is 0 Å². The monoisotopic (exact) mass is 223 g/mol. The Morgan fingerprint density at radius 2 is 2.15 bits per heavy atom. The molecule has 0 atom stereocenters. The second kappa shape index (κ2) is 6.51. The quantitative estimate of drug-likeness (QED) is 0.585. The molecule has 1 aromatic rings. The summed E-state index contributed by atoms with van der Waals surface area (Å²) in [5, 5.41) is 7.14. The number of hydrogen-bond acceptors (Lipinski definition) is 3. The molecule has 0 aromatic carbocycles. The number of nitrogens with two attached hydrogens (primary N) is 1. The van der Waals surface area contributed by atoms with Gasteiger partial charge in [0, 0.05) is 6.20 Å². The van der Waals surface area contributed by atoms with Crippen LogP contribution in [0.1, 0.15) is 5.56 Å². The highest BCUT2D eigenvalue weighted by atomic mass is 35.5. The minimum Gasteiger partial charge on any atom is -0.480 e. The second-order valence-electron chi connectivity index (χ2n) is 1.97. The molecule has 1 rings (SSSR count). The second-order valence-corrected chi connectivity index (χ2v) is 1.97. The fraction of sp³-hybridized carbons (Fsp3) is 0.143. The normalized spacial score (nSPS) is 7.77. The maximum atomic E-state index is 7.14. The van der Waals surface area contributed by atoms with E-state index in [1.807, 2.05) is 0 Å². The lowest BCUT2D eigenvalue weighted by Crippen LogP contribution is -2.12. The van der Waals surface area contributed by atoms with Crippen molar-refractivity contribution in [3.05, 3.63) is 23.9 Å². The number of nitrogen functional groups attached to an aromatic ring is 1. The van der Waals surface area contributed by atoms with E-state index in [2.05, 4.69) is 4.98 Å². The van der Waals surface area contributed by atoms with Crippen molar-refractivity contribution in [3.63, 3.8) is 0 Å². The van der Waals surface area contributed by atoms with Crippen LogP contribution >= 0.6 is 24.8 Å². The van der Waals surface area contributed by atoms with Crippen LogP contribution in [0.25, 0.3) is 0 Å². The number of methoxy groups -OCH3 is 1. The van der Waals surface area contributed by atoms with Crippen LogP contribution in [0.15, 0.2) is 18.3 Å². The molecule has 0 fully saturated rings. The van der Waals surface area contributed by atoms with Crippen LogP contribution in [-0.4, -0.2) is 17.9 Å². The van der Waals surface area contributed by atoms with Gasteiger partial charge in [0.05, 0.1) is 12.7 Å². The van der Waals surface area contributed by atoms with E-state index in [0.29, 0.717) is 11.4 Å². The van der Waals surface area contributed by atoms with Crippen molar-refractivity contribution in [1.82, 2.24) is 4.98 Å². The summed E-state index contributed by atoms with van der Waals surface area (Å²) in [6.07, 6.45) is 1.59. The molecule has 1 heterocycles. The summed E-state index contributed by atoms with van der Waals surface area (Å²) in [6.45, 7) is 0. The van der Waals surface area contributed by atoms with Crippen molar-refractivity contribution in [2.45, 2.75) is 0 Å². The maximum absolute atomic E-state index is 7.14. The van der Waals surface area contributed by atoms with Crippen molar-refractivity contribution in [1.29, 1.82) is 5.41 Å². The predicted octanol–water partition coefficient (Wildman–Crippen LogP) is 1.22. The molecular weight excluding hydrogens is 213 g/mol. The van der Waals surface area contributed by atoms with Crippen LogP contribution < -0.4 is 10.5 Å². The molecule has 0 saturated heterocycles. The van der Waals surface area contributed by atoms with E-state index < -0.39 is 0 Å². The number of pyridine rings is 1. The van der Waals surface area contributed by atoms with Gasteiger partial charge in [-0.25, -0.2) is 4.98 Å². The molecule has 4 nitrogen and oxygen atoms in total. The van der Waals surface area contributed by atoms with E-state index >= 15 is 0 Å². The molecule has 0 saturated carbocycles. The lowest BCUT2D eigenvalue weighted by molar-refractivity contribution is 0.397. The maximum Gasteiger partial charge on any atom is 0.224 e. The molecule has 0 aliphatic carbocycles. The fourth-order valence-corrected chi connectivity index (χ4v) is 0.758. The molecule has 0 aliphatic rings. The van der Waals surface area contributed by atoms with Crippen molar-refractivity contribution in [2.75, 3.05) is 7.11 Å². The third-order valence-corrected chi connectivity index (χ3v) is 1.25. The first kappa shape index (κ1) is 14.5. The standard InChI is InChI=1S/C7H9N3O.2ClH/c1-11-7-5(6(8)9)3-2-4-10-7;;/h2-4H,1H3,(H3,8,9);2*1H. The number of aromatic nitrogens is 1. The van der Waals surface area contributed by atoms with Gasteiger partial charge in [0.1, 0.15) is 5.84 Å². The molecule has 13 heavy (non-hydrogen) atoms. The van der Waals surface area contributed by atoms with E-state index in [1.54, 1.807) is 18.3 Å². The molecule has 1 aromatic heterocycles. The molecule has 0 bridgehead atoms. The van der Waals surface area contributed by atoms with Crippen LogP contribution in [-0.2, 0) is 0 Å². The first-order chi connectivity index (χ1) is 5.25. The molecule has 0 aliphatic heterocycles. The zero-order valence-corrected chi connectivity index (χ0v) is 8.61. The van der Waals surface area contributed by atoms with Crippen LogP contribution in [0.3, 0.4) is 0 Å². The summed E-state index contributed by atoms with van der Waals surface area (Å²) >= 11 is 0. The minimum atomic E-state index is -0.0325. The van der Waals surface area contributed by atoms with Gasteiger partial charge in [0.2, 0.25) is 5.88 Å². The van der Waals surface area contributed by atoms with Crippen LogP contribution in [0.5, 0.6) is 5.88 Å². The Labute approximate surface area is 88.8 Å². The topological polar surface area (TPSA) is 72.0 Å². The van der Waals surface area contributed by atoms with Gasteiger partial charge in [-0.15, -0.1) is 24.8 Å². The molecule has 3 N–H and O–H groups in total. The van der Waals surface area contributed by atoms with Crippen molar-refractivity contribution >= 4 is 30.6 Å². The zero-order chi connectivity index (χ0) is 8.27. The van der Waals surface area contributed by atoms with E-state index in [-0.39, 0.29) is 30.6 Å². The molecule has 0 spiro atoms. The smallest absolute Gasteiger partial charge is 0.224 e. The van der Waals surface area contributed by atoms with Gasteiger partial charge in [-0.2, -0.15) is 0 Å². The summed E-state index contributed by atoms with van der Waals surface area (Å²) in [5.74, 6) is 0.356. The molecule has 74 valence electrons. The summed E-state index contributed by atoms with van der Waals surface area (Å²) in [5.41, 5.74) is 5.78. The fourth-order valence-electron chi connectivity index (χ4n) is 0.758. The van der Waals surface area contributed by atoms with Crippen molar-refractivity contribution in [2.24, 2.45) is 5.73 Å². The van der Waals surface area contributed by atoms with Gasteiger partial charge in [-0.1, -0.05) is 0 Å². The van der Waals surface area contributed by atoms with E-state index in [9.17, 15) is 0 Å². The highest BCUT2D eigenvalue weighted by Gasteiger charge is 2.03. The lowest BCUT2D eigenvalue weighted by atomic mass is 10.2. The number of amidine groups is 1. The number of hydrogen-bond donors (Lipinski definition) is 2. The number of ether oxygens (including phenoxy) is 1. The number of nitrogens with one attached hydrogen (secondary N) is 1. The van der Waals surface area contributed by atoms with Gasteiger partial charge in [-0.05, 0) is 12.1 Å². The van der Waals surface area contributed by atoms with Crippen LogP contribution in [0.4, 0.5) is 0 Å². The van der Waals surface area contributed by atoms with E-state index in [4.69, 9.17) is 15.9 Å². The number of rotatable bonds is 2. The summed E-state index contributed by atoms with van der Waals surface area (Å²) < 4.78 is 4.87. The Balaban J connectivity index is 0. The van der Waals surface area contributed by atoms with E-state index in [0.717, 1.165) is 0 Å². The largest absolute Gasteiger partial charge is 0.480 e. The molecule has 0 unspecified atom stereocenters. The van der Waals surface area contributed by atoms with E-state index in [1.165, 1.54) is 7.11 Å². The van der Waals surface area contributed by atoms with Crippen molar-refractivity contribution < 1.29 is 4.74 Å². The molecule has 0 amide bonds. The first-order valence-corrected chi connectivity index (χ1v) is 3.09. The lowest BCUT2D eigenvalue weighted by Gasteiger charge is -2.03. The Morgan fingerprint density at radius 3 is 2.54 bits per heavy atom. The first-order valence-electron chi connectivity index (χ1n) is 3.09. The summed E-state index contributed by atoms with van der Waals surface area (Å²) in [4.78, 5) is 3.88. The summed E-state index contributed by atoms with van der Waals surface area (Å²) in [7, 11) is 1.49. The van der Waals surface area contributed by atoms with Gasteiger partial charge in [0.25, 0.3) is 0 Å². The van der Waals surface area contributed by atoms with Gasteiger partial charge in [-0.3, -0.25) is 5.41 Å². The average molecular weight is 224 g/mol. The average Bonchev–Trinajstić information content (AvgIpc) is 2.04. The van der Waals surface area contributed by atoms with Gasteiger partial charge < -0.3 is 10.5 Å². The minimum absolute atomic E-state index is 0. The number of halogens is 2. The number of nitrogens with zero attached hydrogens (tertiary/aromatic N) is 1. The summed E-state index contributed by atoms with van der Waals surface area (Å²) in [6, 6.07) is 3.40. The van der Waals surface area contributed by atoms with Gasteiger partial charge in [0.15, 0.2) is 0 Å². The zero-order valence-electron chi connectivity index (χ0n) is 6.98. The predicted molar refractivity (Wildman–Crippen MR) is 56.3 cm³/mol. The van der Waals surface area contributed by atoms with Crippen molar-refractivity contribution in [3.8, 4) is 5.88 Å². The Bertz CT molecular complexity index is 280. The third kappa shape index (κ3) is 3.48. The third-order valence-electron chi connectivity index (χ3n) is 1.25. The Morgan fingerprint density at radius 1 is 1.54 bits per heavy atom. The highest BCUT2D eigenvalue weighted by Crippen LogP contribution is 2.11. The molecular formula is C7H11Cl2N3O. The Hall–Kier alpha value is -1.00. The SMILES string of the molecule is COc1ncccc1C(=N)N.Cl.Cl. The van der Waals surface area contributed by atoms with Crippen LogP contribution in [0.2, 0.25) is 0 Å². The van der Waals surface area contributed by atoms with Crippen LogP contribution in [0, 0.1) is 5.41 Å². The Kier molecular flexibility index (Phi) is 7.27. The highest BCUT2D eigenvalue weighted by molar-refractivity contribution is 5.96. The molecule has 0 radical (unpaired) electrons. The molecule has 6 heteroatoms.